The molecule has 2 atom stereocenters. The van der Waals surface area contributed by atoms with Gasteiger partial charge in [0.25, 0.3) is 11.6 Å². The highest BCUT2D eigenvalue weighted by Crippen LogP contribution is 2.27. The van der Waals surface area contributed by atoms with E-state index in [1.54, 1.807) is 6.07 Å². The summed E-state index contributed by atoms with van der Waals surface area (Å²) in [5.74, 6) is -0.979. The van der Waals surface area contributed by atoms with Crippen molar-refractivity contribution in [2.45, 2.75) is 46.1 Å². The number of esters is 1. The van der Waals surface area contributed by atoms with E-state index in [9.17, 15) is 19.7 Å². The van der Waals surface area contributed by atoms with E-state index in [1.165, 1.54) is 32.0 Å². The molecular weight excluding hydrogens is 360 g/mol. The predicted octanol–water partition coefficient (Wildman–Crippen LogP) is 4.60. The number of hydrogen-bond acceptors (Lipinski definition) is 5. The van der Waals surface area contributed by atoms with Gasteiger partial charge in [-0.3, -0.25) is 14.9 Å². The van der Waals surface area contributed by atoms with Crippen molar-refractivity contribution in [3.8, 4) is 0 Å². The van der Waals surface area contributed by atoms with Crippen molar-refractivity contribution < 1.29 is 19.2 Å². The Morgan fingerprint density at radius 2 is 1.82 bits per heavy atom. The van der Waals surface area contributed by atoms with Crippen LogP contribution in [-0.2, 0) is 9.53 Å². The summed E-state index contributed by atoms with van der Waals surface area (Å²) < 4.78 is 5.24. The minimum atomic E-state index is -1.06. The van der Waals surface area contributed by atoms with Crippen LogP contribution < -0.4 is 5.32 Å². The van der Waals surface area contributed by atoms with Gasteiger partial charge in [-0.2, -0.15) is 0 Å². The summed E-state index contributed by atoms with van der Waals surface area (Å²) in [4.78, 5) is 35.4. The molecule has 0 saturated carbocycles. The van der Waals surface area contributed by atoms with Gasteiger partial charge >= 0.3 is 5.97 Å². The highest BCUT2D eigenvalue weighted by atomic mass is 16.6. The molecule has 0 radical (unpaired) electrons. The standard InChI is InChI=1S/C21H24N2O5/c1-5-13(2)16-9-6-7-11-18(16)22-20(24)15(4)28-21(25)17-10-8-12-19(14(17)3)23(26)27/h6-13,15H,5H2,1-4H3,(H,22,24)/t13-,15-/m1/s1. The molecule has 0 fully saturated rings. The van der Waals surface area contributed by atoms with Gasteiger partial charge in [-0.15, -0.1) is 0 Å². The third-order valence-electron chi connectivity index (χ3n) is 4.74. The molecule has 2 aromatic carbocycles. The van der Waals surface area contributed by atoms with Gasteiger partial charge in [-0.1, -0.05) is 38.1 Å². The Kier molecular flexibility index (Phi) is 6.87. The first kappa shape index (κ1) is 21.1. The molecule has 0 bridgehead atoms. The Morgan fingerprint density at radius 1 is 1.14 bits per heavy atom. The smallest absolute Gasteiger partial charge is 0.339 e. The molecule has 0 aromatic heterocycles. The molecule has 0 saturated heterocycles. The second-order valence-electron chi connectivity index (χ2n) is 6.64. The number of carbonyl (C=O) groups excluding carboxylic acids is 2. The zero-order valence-corrected chi connectivity index (χ0v) is 16.4. The van der Waals surface area contributed by atoms with Gasteiger partial charge in [0.15, 0.2) is 6.10 Å². The fourth-order valence-corrected chi connectivity index (χ4v) is 2.81. The van der Waals surface area contributed by atoms with E-state index in [0.29, 0.717) is 5.69 Å². The number of amides is 1. The van der Waals surface area contributed by atoms with Crippen molar-refractivity contribution in [2.24, 2.45) is 0 Å². The molecule has 2 aromatic rings. The maximum absolute atomic E-state index is 12.5. The summed E-state index contributed by atoms with van der Waals surface area (Å²) in [6.07, 6.45) is -0.139. The van der Waals surface area contributed by atoms with Gasteiger partial charge in [0.2, 0.25) is 0 Å². The van der Waals surface area contributed by atoms with Gasteiger partial charge in [0.1, 0.15) is 0 Å². The lowest BCUT2D eigenvalue weighted by Crippen LogP contribution is -2.30. The van der Waals surface area contributed by atoms with Crippen LogP contribution in [0, 0.1) is 17.0 Å². The van der Waals surface area contributed by atoms with Crippen LogP contribution in [-0.4, -0.2) is 22.9 Å². The van der Waals surface area contributed by atoms with Crippen LogP contribution in [0.15, 0.2) is 42.5 Å². The van der Waals surface area contributed by atoms with Crippen LogP contribution in [0.2, 0.25) is 0 Å². The summed E-state index contributed by atoms with van der Waals surface area (Å²) in [5.41, 5.74) is 1.78. The Bertz CT molecular complexity index is 894. The van der Waals surface area contributed by atoms with Crippen molar-refractivity contribution in [3.63, 3.8) is 0 Å². The van der Waals surface area contributed by atoms with E-state index < -0.39 is 22.9 Å². The zero-order chi connectivity index (χ0) is 20.8. The molecular formula is C21H24N2O5. The first-order chi connectivity index (χ1) is 13.3. The molecule has 0 heterocycles. The lowest BCUT2D eigenvalue weighted by atomic mass is 9.97. The van der Waals surface area contributed by atoms with Crippen molar-refractivity contribution in [3.05, 3.63) is 69.3 Å². The highest BCUT2D eigenvalue weighted by Gasteiger charge is 2.24. The van der Waals surface area contributed by atoms with Crippen LogP contribution >= 0.6 is 0 Å². The number of nitrogens with one attached hydrogen (secondary N) is 1. The quantitative estimate of drug-likeness (QED) is 0.427. The third kappa shape index (κ3) is 4.73. The SMILES string of the molecule is CC[C@@H](C)c1ccccc1NC(=O)[C@@H](C)OC(=O)c1cccc([N+](=O)[O-])c1C. The number of rotatable bonds is 7. The number of nitro benzene ring substituents is 1. The molecule has 1 amide bonds. The Labute approximate surface area is 163 Å². The number of hydrogen-bond donors (Lipinski definition) is 1. The van der Waals surface area contributed by atoms with Crippen LogP contribution in [0.25, 0.3) is 0 Å². The first-order valence-corrected chi connectivity index (χ1v) is 9.11. The Hall–Kier alpha value is -3.22. The summed E-state index contributed by atoms with van der Waals surface area (Å²) in [6, 6.07) is 11.7. The second kappa shape index (κ2) is 9.12. The maximum Gasteiger partial charge on any atom is 0.339 e. The molecule has 0 aliphatic carbocycles. The van der Waals surface area contributed by atoms with Crippen LogP contribution in [0.4, 0.5) is 11.4 Å². The topological polar surface area (TPSA) is 98.5 Å². The summed E-state index contributed by atoms with van der Waals surface area (Å²) >= 11 is 0. The monoisotopic (exact) mass is 384 g/mol. The van der Waals surface area contributed by atoms with E-state index in [0.717, 1.165) is 12.0 Å². The lowest BCUT2D eigenvalue weighted by Gasteiger charge is -2.18. The number of anilines is 1. The third-order valence-corrected chi connectivity index (χ3v) is 4.74. The first-order valence-electron chi connectivity index (χ1n) is 9.11. The van der Waals surface area contributed by atoms with E-state index in [1.807, 2.05) is 18.2 Å². The Morgan fingerprint density at radius 3 is 2.46 bits per heavy atom. The number of nitro groups is 1. The number of para-hydroxylation sites is 1. The van der Waals surface area contributed by atoms with Crippen molar-refractivity contribution >= 4 is 23.3 Å². The molecule has 28 heavy (non-hydrogen) atoms. The minimum absolute atomic E-state index is 0.0638. The lowest BCUT2D eigenvalue weighted by molar-refractivity contribution is -0.385. The average molecular weight is 384 g/mol. The molecule has 148 valence electrons. The normalized spacial score (nSPS) is 12.7. The van der Waals surface area contributed by atoms with E-state index in [4.69, 9.17) is 4.74 Å². The van der Waals surface area contributed by atoms with Gasteiger partial charge in [-0.25, -0.2) is 4.79 Å². The van der Waals surface area contributed by atoms with Crippen molar-refractivity contribution in [2.75, 3.05) is 5.32 Å². The number of carbonyl (C=O) groups is 2. The van der Waals surface area contributed by atoms with Crippen LogP contribution in [0.3, 0.4) is 0 Å². The molecule has 2 rings (SSSR count). The number of benzene rings is 2. The molecule has 0 spiro atoms. The maximum atomic E-state index is 12.5. The average Bonchev–Trinajstić information content (AvgIpc) is 2.67. The van der Waals surface area contributed by atoms with Gasteiger partial charge < -0.3 is 10.1 Å². The fourth-order valence-electron chi connectivity index (χ4n) is 2.81. The van der Waals surface area contributed by atoms with Gasteiger partial charge in [0, 0.05) is 17.3 Å². The molecule has 0 aliphatic heterocycles. The predicted molar refractivity (Wildman–Crippen MR) is 106 cm³/mol. The summed E-state index contributed by atoms with van der Waals surface area (Å²) in [7, 11) is 0. The van der Waals surface area contributed by atoms with E-state index >= 15 is 0 Å². The van der Waals surface area contributed by atoms with Crippen LogP contribution in [0.5, 0.6) is 0 Å². The van der Waals surface area contributed by atoms with E-state index in [-0.39, 0.29) is 22.7 Å². The Balaban J connectivity index is 2.13. The van der Waals surface area contributed by atoms with Gasteiger partial charge in [-0.05, 0) is 43.9 Å². The van der Waals surface area contributed by atoms with Gasteiger partial charge in [0.05, 0.1) is 10.5 Å². The molecule has 7 nitrogen and oxygen atoms in total. The summed E-state index contributed by atoms with van der Waals surface area (Å²) in [5, 5.41) is 13.8. The molecule has 0 aliphatic rings. The van der Waals surface area contributed by atoms with Crippen molar-refractivity contribution in [1.29, 1.82) is 0 Å². The number of nitrogens with zero attached hydrogens (tertiary/aromatic N) is 1. The highest BCUT2D eigenvalue weighted by molar-refractivity contribution is 5.98. The summed E-state index contributed by atoms with van der Waals surface area (Å²) in [6.45, 7) is 7.07. The zero-order valence-electron chi connectivity index (χ0n) is 16.4. The molecule has 1 N–H and O–H groups in total. The number of ether oxygens (including phenoxy) is 1. The molecule has 0 unspecified atom stereocenters. The van der Waals surface area contributed by atoms with Crippen LogP contribution in [0.1, 0.15) is 54.6 Å². The fraction of sp³-hybridized carbons (Fsp3) is 0.333. The second-order valence-corrected chi connectivity index (χ2v) is 6.64. The largest absolute Gasteiger partial charge is 0.449 e. The van der Waals surface area contributed by atoms with Crippen molar-refractivity contribution in [1.82, 2.24) is 0 Å². The minimum Gasteiger partial charge on any atom is -0.449 e. The van der Waals surface area contributed by atoms with E-state index in [2.05, 4.69) is 19.2 Å². The molecule has 7 heteroatoms.